The zero-order valence-electron chi connectivity index (χ0n) is 12.5. The van der Waals surface area contributed by atoms with Crippen molar-refractivity contribution in [2.75, 3.05) is 6.54 Å². The van der Waals surface area contributed by atoms with Gasteiger partial charge in [0.05, 0.1) is 0 Å². The van der Waals surface area contributed by atoms with E-state index in [9.17, 15) is 4.39 Å². The van der Waals surface area contributed by atoms with Crippen LogP contribution < -0.4 is 5.32 Å². The maximum absolute atomic E-state index is 13.7. The smallest absolute Gasteiger partial charge is 0.124 e. The van der Waals surface area contributed by atoms with Gasteiger partial charge in [0.15, 0.2) is 0 Å². The zero-order chi connectivity index (χ0) is 15.2. The van der Waals surface area contributed by atoms with E-state index in [0.717, 1.165) is 29.4 Å². The van der Waals surface area contributed by atoms with E-state index in [1.807, 2.05) is 6.07 Å². The van der Waals surface area contributed by atoms with Crippen LogP contribution in [0, 0.1) is 12.7 Å². The molecular weight excluding hydrogens is 329 g/mol. The lowest BCUT2D eigenvalue weighted by molar-refractivity contribution is 0.524. The molecule has 0 aliphatic heterocycles. The summed E-state index contributed by atoms with van der Waals surface area (Å²) >= 11 is 3.38. The van der Waals surface area contributed by atoms with Crippen LogP contribution in [0.15, 0.2) is 46.9 Å². The van der Waals surface area contributed by atoms with E-state index >= 15 is 0 Å². The van der Waals surface area contributed by atoms with Crippen molar-refractivity contribution in [2.45, 2.75) is 32.7 Å². The van der Waals surface area contributed by atoms with Crippen LogP contribution in [0.3, 0.4) is 0 Å². The Morgan fingerprint density at radius 3 is 2.67 bits per heavy atom. The predicted octanol–water partition coefficient (Wildman–Crippen LogP) is 5.18. The fourth-order valence-electron chi connectivity index (χ4n) is 2.48. The van der Waals surface area contributed by atoms with E-state index in [0.29, 0.717) is 0 Å². The maximum Gasteiger partial charge on any atom is 0.124 e. The van der Waals surface area contributed by atoms with E-state index in [1.165, 1.54) is 17.2 Å². The van der Waals surface area contributed by atoms with Gasteiger partial charge < -0.3 is 5.32 Å². The Morgan fingerprint density at radius 1 is 1.19 bits per heavy atom. The van der Waals surface area contributed by atoms with Crippen LogP contribution in [0.5, 0.6) is 0 Å². The average molecular weight is 350 g/mol. The van der Waals surface area contributed by atoms with Crippen molar-refractivity contribution in [3.8, 4) is 0 Å². The van der Waals surface area contributed by atoms with Crippen LogP contribution >= 0.6 is 15.9 Å². The Morgan fingerprint density at radius 2 is 2.00 bits per heavy atom. The SMILES string of the molecule is CCCNC(Cc1cccc(C)c1)c1cc(F)cc(Br)c1. The van der Waals surface area contributed by atoms with Gasteiger partial charge in [-0.05, 0) is 55.6 Å². The lowest BCUT2D eigenvalue weighted by atomic mass is 9.97. The second-order valence-electron chi connectivity index (χ2n) is 5.40. The molecule has 0 radical (unpaired) electrons. The predicted molar refractivity (Wildman–Crippen MR) is 90.0 cm³/mol. The molecule has 1 nitrogen and oxygen atoms in total. The summed E-state index contributed by atoms with van der Waals surface area (Å²) in [7, 11) is 0. The third-order valence-corrected chi connectivity index (χ3v) is 3.91. The van der Waals surface area contributed by atoms with Gasteiger partial charge in [0.2, 0.25) is 0 Å². The molecule has 1 unspecified atom stereocenters. The molecule has 0 saturated heterocycles. The minimum Gasteiger partial charge on any atom is -0.310 e. The van der Waals surface area contributed by atoms with Gasteiger partial charge in [-0.25, -0.2) is 4.39 Å². The first kappa shape index (κ1) is 16.2. The van der Waals surface area contributed by atoms with E-state index in [2.05, 4.69) is 59.4 Å². The molecule has 0 aliphatic carbocycles. The molecule has 2 aromatic carbocycles. The van der Waals surface area contributed by atoms with Crippen molar-refractivity contribution in [3.63, 3.8) is 0 Å². The van der Waals surface area contributed by atoms with Gasteiger partial charge in [0, 0.05) is 10.5 Å². The van der Waals surface area contributed by atoms with Gasteiger partial charge in [-0.15, -0.1) is 0 Å². The molecule has 2 aromatic rings. The Balaban J connectivity index is 2.25. The number of rotatable bonds is 6. The Hall–Kier alpha value is -1.19. The first-order valence-electron chi connectivity index (χ1n) is 7.33. The van der Waals surface area contributed by atoms with Gasteiger partial charge in [-0.2, -0.15) is 0 Å². The minimum atomic E-state index is -0.202. The second kappa shape index (κ2) is 7.71. The van der Waals surface area contributed by atoms with Crippen LogP contribution in [-0.4, -0.2) is 6.54 Å². The lowest BCUT2D eigenvalue weighted by Crippen LogP contribution is -2.24. The fraction of sp³-hybridized carbons (Fsp3) is 0.333. The summed E-state index contributed by atoms with van der Waals surface area (Å²) in [6.45, 7) is 5.15. The molecule has 1 N–H and O–H groups in total. The quantitative estimate of drug-likeness (QED) is 0.757. The summed E-state index contributed by atoms with van der Waals surface area (Å²) < 4.78 is 14.4. The standard InChI is InChI=1S/C18H21BrFN/c1-3-7-21-18(9-14-6-4-5-13(2)8-14)15-10-16(19)12-17(20)11-15/h4-6,8,10-12,18,21H,3,7,9H2,1-2H3. The van der Waals surface area contributed by atoms with E-state index in [1.54, 1.807) is 6.07 Å². The first-order chi connectivity index (χ1) is 10.1. The molecule has 0 amide bonds. The van der Waals surface area contributed by atoms with Crippen molar-refractivity contribution in [1.29, 1.82) is 0 Å². The van der Waals surface area contributed by atoms with Crippen molar-refractivity contribution < 1.29 is 4.39 Å². The Bertz CT molecular complexity index is 577. The van der Waals surface area contributed by atoms with Crippen LogP contribution in [0.4, 0.5) is 4.39 Å². The maximum atomic E-state index is 13.7. The number of nitrogens with one attached hydrogen (secondary N) is 1. The van der Waals surface area contributed by atoms with Gasteiger partial charge >= 0.3 is 0 Å². The molecule has 0 bridgehead atoms. The third kappa shape index (κ3) is 4.94. The fourth-order valence-corrected chi connectivity index (χ4v) is 2.96. The van der Waals surface area contributed by atoms with Crippen molar-refractivity contribution in [1.82, 2.24) is 5.32 Å². The van der Waals surface area contributed by atoms with Crippen LogP contribution in [-0.2, 0) is 6.42 Å². The summed E-state index contributed by atoms with van der Waals surface area (Å²) in [5.41, 5.74) is 3.50. The van der Waals surface area contributed by atoms with Crippen LogP contribution in [0.2, 0.25) is 0 Å². The molecule has 21 heavy (non-hydrogen) atoms. The number of halogens is 2. The average Bonchev–Trinajstić information content (AvgIpc) is 2.42. The molecule has 1 atom stereocenters. The highest BCUT2D eigenvalue weighted by molar-refractivity contribution is 9.10. The largest absolute Gasteiger partial charge is 0.310 e. The number of benzene rings is 2. The number of aryl methyl sites for hydroxylation is 1. The van der Waals surface area contributed by atoms with Crippen molar-refractivity contribution >= 4 is 15.9 Å². The van der Waals surface area contributed by atoms with Gasteiger partial charge in [-0.3, -0.25) is 0 Å². The van der Waals surface area contributed by atoms with Gasteiger partial charge in [0.1, 0.15) is 5.82 Å². The summed E-state index contributed by atoms with van der Waals surface area (Å²) in [5.74, 6) is -0.202. The highest BCUT2D eigenvalue weighted by atomic mass is 79.9. The molecule has 0 spiro atoms. The lowest BCUT2D eigenvalue weighted by Gasteiger charge is -2.20. The molecule has 0 aromatic heterocycles. The van der Waals surface area contributed by atoms with Crippen molar-refractivity contribution in [2.24, 2.45) is 0 Å². The number of hydrogen-bond acceptors (Lipinski definition) is 1. The Labute approximate surface area is 134 Å². The Kier molecular flexibility index (Phi) is 5.95. The van der Waals surface area contributed by atoms with Crippen molar-refractivity contribution in [3.05, 3.63) is 69.4 Å². The molecule has 3 heteroatoms. The van der Waals surface area contributed by atoms with Crippen LogP contribution in [0.1, 0.15) is 36.1 Å². The second-order valence-corrected chi connectivity index (χ2v) is 6.32. The summed E-state index contributed by atoms with van der Waals surface area (Å²) in [4.78, 5) is 0. The molecule has 0 heterocycles. The van der Waals surface area contributed by atoms with Crippen LogP contribution in [0.25, 0.3) is 0 Å². The summed E-state index contributed by atoms with van der Waals surface area (Å²) in [6.07, 6.45) is 1.92. The molecule has 0 saturated carbocycles. The van der Waals surface area contributed by atoms with E-state index < -0.39 is 0 Å². The van der Waals surface area contributed by atoms with E-state index in [-0.39, 0.29) is 11.9 Å². The normalized spacial score (nSPS) is 12.4. The summed E-state index contributed by atoms with van der Waals surface area (Å²) in [6, 6.07) is 13.7. The molecule has 0 fully saturated rings. The first-order valence-corrected chi connectivity index (χ1v) is 8.12. The topological polar surface area (TPSA) is 12.0 Å². The summed E-state index contributed by atoms with van der Waals surface area (Å²) in [5, 5.41) is 3.52. The molecule has 112 valence electrons. The number of hydrogen-bond donors (Lipinski definition) is 1. The minimum absolute atomic E-state index is 0.124. The zero-order valence-corrected chi connectivity index (χ0v) is 14.1. The monoisotopic (exact) mass is 349 g/mol. The molecule has 0 aliphatic rings. The van der Waals surface area contributed by atoms with Gasteiger partial charge in [-0.1, -0.05) is 52.7 Å². The highest BCUT2D eigenvalue weighted by Crippen LogP contribution is 2.24. The third-order valence-electron chi connectivity index (χ3n) is 3.45. The van der Waals surface area contributed by atoms with Gasteiger partial charge in [0.25, 0.3) is 0 Å². The van der Waals surface area contributed by atoms with E-state index in [4.69, 9.17) is 0 Å². The molecule has 2 rings (SSSR count). The highest BCUT2D eigenvalue weighted by Gasteiger charge is 2.13. The molecular formula is C18H21BrFN.